The SMILES string of the molecule is CN1C(=O)c2ccc(C(=O)Nc3cccc(Cl)c3SC(F)F)cc2C1=O. The molecule has 134 valence electrons. The lowest BCUT2D eigenvalue weighted by atomic mass is 10.1. The molecule has 0 fully saturated rings. The fourth-order valence-corrected chi connectivity index (χ4v) is 3.43. The maximum Gasteiger partial charge on any atom is 0.289 e. The molecule has 2 aromatic rings. The molecule has 3 rings (SSSR count). The summed E-state index contributed by atoms with van der Waals surface area (Å²) in [6.45, 7) is 0. The molecule has 9 heteroatoms. The van der Waals surface area contributed by atoms with Gasteiger partial charge in [0.2, 0.25) is 0 Å². The topological polar surface area (TPSA) is 66.5 Å². The van der Waals surface area contributed by atoms with Crippen LogP contribution in [0.3, 0.4) is 0 Å². The predicted molar refractivity (Wildman–Crippen MR) is 94.1 cm³/mol. The second-order valence-corrected chi connectivity index (χ2v) is 6.79. The normalized spacial score (nSPS) is 13.3. The number of hydrogen-bond donors (Lipinski definition) is 1. The summed E-state index contributed by atoms with van der Waals surface area (Å²) < 4.78 is 25.4. The van der Waals surface area contributed by atoms with Crippen LogP contribution in [0.2, 0.25) is 5.02 Å². The Morgan fingerprint density at radius 2 is 1.85 bits per heavy atom. The summed E-state index contributed by atoms with van der Waals surface area (Å²) in [5.41, 5.74) is 0.588. The Labute approximate surface area is 156 Å². The van der Waals surface area contributed by atoms with Gasteiger partial charge in [0.15, 0.2) is 0 Å². The van der Waals surface area contributed by atoms with Gasteiger partial charge in [-0.3, -0.25) is 19.3 Å². The van der Waals surface area contributed by atoms with Crippen LogP contribution in [-0.2, 0) is 0 Å². The molecule has 0 aromatic heterocycles. The number of rotatable bonds is 4. The van der Waals surface area contributed by atoms with Gasteiger partial charge in [-0.2, -0.15) is 8.78 Å². The van der Waals surface area contributed by atoms with Gasteiger partial charge in [0.25, 0.3) is 23.5 Å². The van der Waals surface area contributed by atoms with E-state index >= 15 is 0 Å². The van der Waals surface area contributed by atoms with Crippen molar-refractivity contribution in [1.29, 1.82) is 0 Å². The monoisotopic (exact) mass is 396 g/mol. The number of hydrogen-bond acceptors (Lipinski definition) is 4. The van der Waals surface area contributed by atoms with Gasteiger partial charge in [-0.1, -0.05) is 29.4 Å². The van der Waals surface area contributed by atoms with Crippen molar-refractivity contribution in [3.05, 3.63) is 58.1 Å². The van der Waals surface area contributed by atoms with Crippen LogP contribution >= 0.6 is 23.4 Å². The van der Waals surface area contributed by atoms with E-state index in [0.29, 0.717) is 0 Å². The lowest BCUT2D eigenvalue weighted by molar-refractivity contribution is 0.0693. The molecule has 0 spiro atoms. The van der Waals surface area contributed by atoms with E-state index < -0.39 is 23.5 Å². The number of benzene rings is 2. The number of imide groups is 1. The smallest absolute Gasteiger partial charge is 0.289 e. The number of carbonyl (C=O) groups is 3. The second kappa shape index (κ2) is 7.05. The molecule has 5 nitrogen and oxygen atoms in total. The average Bonchev–Trinajstić information content (AvgIpc) is 2.82. The van der Waals surface area contributed by atoms with E-state index in [9.17, 15) is 23.2 Å². The molecule has 1 heterocycles. The summed E-state index contributed by atoms with van der Waals surface area (Å²) in [5.74, 6) is -4.26. The third-order valence-corrected chi connectivity index (χ3v) is 5.05. The van der Waals surface area contributed by atoms with E-state index in [0.717, 1.165) is 4.90 Å². The molecule has 3 amide bonds. The zero-order chi connectivity index (χ0) is 19.0. The minimum Gasteiger partial charge on any atom is -0.321 e. The number of halogens is 3. The van der Waals surface area contributed by atoms with Gasteiger partial charge < -0.3 is 5.32 Å². The number of nitrogens with one attached hydrogen (secondary N) is 1. The van der Waals surface area contributed by atoms with Gasteiger partial charge in [-0.15, -0.1) is 0 Å². The molecular formula is C17H11ClF2N2O3S. The average molecular weight is 397 g/mol. The van der Waals surface area contributed by atoms with Gasteiger partial charge >= 0.3 is 0 Å². The van der Waals surface area contributed by atoms with Crippen LogP contribution in [0.4, 0.5) is 14.5 Å². The van der Waals surface area contributed by atoms with Crippen molar-refractivity contribution in [1.82, 2.24) is 4.90 Å². The highest BCUT2D eigenvalue weighted by Crippen LogP contribution is 2.37. The molecule has 0 saturated carbocycles. The summed E-state index contributed by atoms with van der Waals surface area (Å²) in [6, 6.07) is 8.50. The highest BCUT2D eigenvalue weighted by atomic mass is 35.5. The molecule has 2 aromatic carbocycles. The first kappa shape index (κ1) is 18.3. The number of thioether (sulfide) groups is 1. The summed E-state index contributed by atoms with van der Waals surface area (Å²) in [4.78, 5) is 37.4. The first-order valence-electron chi connectivity index (χ1n) is 7.30. The second-order valence-electron chi connectivity index (χ2n) is 5.38. The highest BCUT2D eigenvalue weighted by molar-refractivity contribution is 7.99. The minimum absolute atomic E-state index is 0.0460. The van der Waals surface area contributed by atoms with Gasteiger partial charge in [-0.05, 0) is 30.3 Å². The Kier molecular flexibility index (Phi) is 4.97. The summed E-state index contributed by atoms with van der Waals surface area (Å²) in [7, 11) is 1.35. The van der Waals surface area contributed by atoms with Crippen LogP contribution in [-0.4, -0.2) is 35.4 Å². The lowest BCUT2D eigenvalue weighted by Crippen LogP contribution is -2.24. The third-order valence-electron chi connectivity index (χ3n) is 3.77. The Bertz CT molecular complexity index is 936. The summed E-state index contributed by atoms with van der Waals surface area (Å²) in [5, 5.41) is 2.60. The van der Waals surface area contributed by atoms with Crippen LogP contribution in [0, 0.1) is 0 Å². The highest BCUT2D eigenvalue weighted by Gasteiger charge is 2.33. The van der Waals surface area contributed by atoms with Crippen LogP contribution < -0.4 is 5.32 Å². The van der Waals surface area contributed by atoms with E-state index in [4.69, 9.17) is 11.6 Å². The first-order chi connectivity index (χ1) is 12.3. The Morgan fingerprint density at radius 1 is 1.15 bits per heavy atom. The van der Waals surface area contributed by atoms with Crippen LogP contribution in [0.1, 0.15) is 31.1 Å². The first-order valence-corrected chi connectivity index (χ1v) is 8.56. The van der Waals surface area contributed by atoms with Crippen LogP contribution in [0.25, 0.3) is 0 Å². The third kappa shape index (κ3) is 3.30. The quantitative estimate of drug-likeness (QED) is 0.623. The zero-order valence-electron chi connectivity index (χ0n) is 13.3. The number of amides is 3. The van der Waals surface area contributed by atoms with Crippen LogP contribution in [0.15, 0.2) is 41.3 Å². The number of fused-ring (bicyclic) bond motifs is 1. The van der Waals surface area contributed by atoms with Crippen molar-refractivity contribution < 1.29 is 23.2 Å². The Morgan fingerprint density at radius 3 is 2.54 bits per heavy atom. The van der Waals surface area contributed by atoms with E-state index in [1.54, 1.807) is 0 Å². The number of carbonyl (C=O) groups excluding carboxylic acids is 3. The van der Waals surface area contributed by atoms with Crippen LogP contribution in [0.5, 0.6) is 0 Å². The predicted octanol–water partition coefficient (Wildman–Crippen LogP) is 4.13. The zero-order valence-corrected chi connectivity index (χ0v) is 14.8. The molecule has 0 bridgehead atoms. The number of anilines is 1. The molecule has 0 radical (unpaired) electrons. The van der Waals surface area contributed by atoms with Crippen molar-refractivity contribution >= 4 is 46.8 Å². The van der Waals surface area contributed by atoms with E-state index in [1.807, 2.05) is 0 Å². The molecule has 1 N–H and O–H groups in total. The van der Waals surface area contributed by atoms with Crippen molar-refractivity contribution in [2.45, 2.75) is 10.7 Å². The molecule has 1 aliphatic heterocycles. The molecule has 0 saturated heterocycles. The van der Waals surface area contributed by atoms with Crippen molar-refractivity contribution in [3.63, 3.8) is 0 Å². The molecule has 1 aliphatic rings. The Balaban J connectivity index is 1.90. The molecule has 0 aliphatic carbocycles. The van der Waals surface area contributed by atoms with Gasteiger partial charge in [-0.25, -0.2) is 0 Å². The number of nitrogens with zero attached hydrogens (tertiary/aromatic N) is 1. The van der Waals surface area contributed by atoms with Crippen molar-refractivity contribution in [2.75, 3.05) is 12.4 Å². The number of alkyl halides is 2. The van der Waals surface area contributed by atoms with Gasteiger partial charge in [0.1, 0.15) is 0 Å². The van der Waals surface area contributed by atoms with Gasteiger partial charge in [0.05, 0.1) is 26.7 Å². The minimum atomic E-state index is -2.70. The fourth-order valence-electron chi connectivity index (χ4n) is 2.51. The maximum absolute atomic E-state index is 12.7. The lowest BCUT2D eigenvalue weighted by Gasteiger charge is -2.12. The van der Waals surface area contributed by atoms with Gasteiger partial charge in [0, 0.05) is 12.6 Å². The molecule has 0 atom stereocenters. The molecule has 26 heavy (non-hydrogen) atoms. The molecule has 0 unspecified atom stereocenters. The van der Waals surface area contributed by atoms with E-state index in [-0.39, 0.29) is 44.1 Å². The van der Waals surface area contributed by atoms with Crippen molar-refractivity contribution in [2.24, 2.45) is 0 Å². The summed E-state index contributed by atoms with van der Waals surface area (Å²) >= 11 is 6.16. The molecular weight excluding hydrogens is 386 g/mol. The summed E-state index contributed by atoms with van der Waals surface area (Å²) in [6.07, 6.45) is 0. The largest absolute Gasteiger partial charge is 0.321 e. The standard InChI is InChI=1S/C17H11ClF2N2O3S/c1-22-15(24)9-6-5-8(7-10(9)16(22)25)14(23)21-12-4-2-3-11(18)13(12)26-17(19)20/h2-7,17H,1H3,(H,21,23). The maximum atomic E-state index is 12.7. The van der Waals surface area contributed by atoms with Crippen molar-refractivity contribution in [3.8, 4) is 0 Å². The van der Waals surface area contributed by atoms with E-state index in [1.165, 1.54) is 43.4 Å². The van der Waals surface area contributed by atoms with E-state index in [2.05, 4.69) is 5.32 Å². The fraction of sp³-hybridized carbons (Fsp3) is 0.118. The Hall–Kier alpha value is -2.45.